The number of likely N-dealkylation sites (tertiary alicyclic amines) is 1. The van der Waals surface area contributed by atoms with Gasteiger partial charge in [0, 0.05) is 39.9 Å². The second-order valence-electron chi connectivity index (χ2n) is 7.28. The van der Waals surface area contributed by atoms with Gasteiger partial charge in [-0.3, -0.25) is 9.59 Å². The van der Waals surface area contributed by atoms with E-state index in [1.165, 1.54) is 0 Å². The molecular formula is C19H27N5O3. The number of likely N-dealkylation sites (N-methyl/N-ethyl adjacent to an activating group) is 1. The van der Waals surface area contributed by atoms with Crippen LogP contribution in [0.4, 0.5) is 10.5 Å². The number of hydrogen-bond donors (Lipinski definition) is 1. The maximum absolute atomic E-state index is 13.3. The van der Waals surface area contributed by atoms with Crippen molar-refractivity contribution in [3.63, 3.8) is 0 Å². The molecule has 1 N–H and O–H groups in total. The van der Waals surface area contributed by atoms with Crippen LogP contribution in [0.1, 0.15) is 12.8 Å². The molecule has 0 aliphatic carbocycles. The summed E-state index contributed by atoms with van der Waals surface area (Å²) in [7, 11) is 5.03. The molecule has 8 heteroatoms. The second-order valence-corrected chi connectivity index (χ2v) is 7.28. The Morgan fingerprint density at radius 3 is 2.33 bits per heavy atom. The van der Waals surface area contributed by atoms with E-state index in [1.54, 1.807) is 35.8 Å². The van der Waals surface area contributed by atoms with Gasteiger partial charge in [-0.15, -0.1) is 0 Å². The van der Waals surface area contributed by atoms with Crippen LogP contribution in [0.15, 0.2) is 30.3 Å². The smallest absolute Gasteiger partial charge is 0.319 e. The van der Waals surface area contributed by atoms with Gasteiger partial charge in [0.15, 0.2) is 0 Å². The first-order chi connectivity index (χ1) is 12.9. The Morgan fingerprint density at radius 1 is 1.15 bits per heavy atom. The molecule has 0 saturated carbocycles. The van der Waals surface area contributed by atoms with Gasteiger partial charge in [0.25, 0.3) is 5.91 Å². The summed E-state index contributed by atoms with van der Waals surface area (Å²) in [5.74, 6) is -0.222. The van der Waals surface area contributed by atoms with E-state index in [-0.39, 0.29) is 24.4 Å². The molecule has 1 aromatic carbocycles. The lowest BCUT2D eigenvalue weighted by Crippen LogP contribution is -2.58. The lowest BCUT2D eigenvalue weighted by molar-refractivity contribution is -0.137. The van der Waals surface area contributed by atoms with E-state index in [4.69, 9.17) is 0 Å². The summed E-state index contributed by atoms with van der Waals surface area (Å²) in [6.07, 6.45) is 1.09. The van der Waals surface area contributed by atoms with E-state index < -0.39 is 5.54 Å². The van der Waals surface area contributed by atoms with Gasteiger partial charge in [-0.25, -0.2) is 4.79 Å². The van der Waals surface area contributed by atoms with Crippen LogP contribution in [0.2, 0.25) is 0 Å². The number of para-hydroxylation sites is 1. The predicted octanol–water partition coefficient (Wildman–Crippen LogP) is 0.555. The molecule has 2 fully saturated rings. The zero-order valence-electron chi connectivity index (χ0n) is 16.1. The Hall–Kier alpha value is -2.77. The molecule has 4 amide bonds. The average molecular weight is 373 g/mol. The van der Waals surface area contributed by atoms with Gasteiger partial charge >= 0.3 is 6.03 Å². The zero-order chi connectivity index (χ0) is 19.6. The number of urea groups is 1. The molecule has 0 unspecified atom stereocenters. The third kappa shape index (κ3) is 3.43. The Kier molecular flexibility index (Phi) is 5.25. The fourth-order valence-electron chi connectivity index (χ4n) is 3.93. The molecule has 27 heavy (non-hydrogen) atoms. The van der Waals surface area contributed by atoms with E-state index in [0.717, 1.165) is 5.69 Å². The van der Waals surface area contributed by atoms with Gasteiger partial charge in [0.1, 0.15) is 12.1 Å². The number of carbonyl (C=O) groups is 3. The highest BCUT2D eigenvalue weighted by Gasteiger charge is 2.54. The predicted molar refractivity (Wildman–Crippen MR) is 102 cm³/mol. The minimum absolute atomic E-state index is 0.0353. The van der Waals surface area contributed by atoms with Crippen molar-refractivity contribution in [3.05, 3.63) is 30.3 Å². The van der Waals surface area contributed by atoms with E-state index in [0.29, 0.717) is 32.6 Å². The molecule has 0 radical (unpaired) electrons. The highest BCUT2D eigenvalue weighted by atomic mass is 16.2. The quantitative estimate of drug-likeness (QED) is 0.840. The minimum Gasteiger partial charge on any atom is -0.358 e. The highest BCUT2D eigenvalue weighted by molar-refractivity contribution is 5.96. The molecule has 1 spiro atoms. The van der Waals surface area contributed by atoms with Crippen molar-refractivity contribution in [3.8, 4) is 0 Å². The molecule has 1 aromatic rings. The SMILES string of the molecule is CNC(=O)CN1CN(c2ccccc2)C2(CCN(C(=O)N(C)C)CC2)C1=O. The summed E-state index contributed by atoms with van der Waals surface area (Å²) in [5, 5.41) is 2.58. The molecule has 0 atom stereocenters. The third-order valence-corrected chi connectivity index (χ3v) is 5.44. The van der Waals surface area contributed by atoms with E-state index >= 15 is 0 Å². The summed E-state index contributed by atoms with van der Waals surface area (Å²) in [6.45, 7) is 1.44. The summed E-state index contributed by atoms with van der Waals surface area (Å²) < 4.78 is 0. The molecule has 2 aliphatic rings. The summed E-state index contributed by atoms with van der Waals surface area (Å²) in [6, 6.07) is 9.75. The van der Waals surface area contributed by atoms with E-state index in [2.05, 4.69) is 10.2 Å². The van der Waals surface area contributed by atoms with Gasteiger partial charge in [-0.1, -0.05) is 18.2 Å². The van der Waals surface area contributed by atoms with Crippen LogP contribution in [0.5, 0.6) is 0 Å². The van der Waals surface area contributed by atoms with Gasteiger partial charge < -0.3 is 24.9 Å². The number of piperidine rings is 1. The van der Waals surface area contributed by atoms with Crippen LogP contribution in [0, 0.1) is 0 Å². The summed E-state index contributed by atoms with van der Waals surface area (Å²) in [5.41, 5.74) is 0.246. The minimum atomic E-state index is -0.710. The van der Waals surface area contributed by atoms with Crippen molar-refractivity contribution < 1.29 is 14.4 Å². The lowest BCUT2D eigenvalue weighted by Gasteiger charge is -2.43. The third-order valence-electron chi connectivity index (χ3n) is 5.44. The van der Waals surface area contributed by atoms with Crippen LogP contribution in [0.3, 0.4) is 0 Å². The number of carbonyl (C=O) groups excluding carboxylic acids is 3. The molecule has 0 aromatic heterocycles. The number of rotatable bonds is 3. The largest absolute Gasteiger partial charge is 0.358 e. The lowest BCUT2D eigenvalue weighted by atomic mass is 9.85. The van der Waals surface area contributed by atoms with Crippen molar-refractivity contribution >= 4 is 23.5 Å². The van der Waals surface area contributed by atoms with Crippen LogP contribution in [-0.2, 0) is 9.59 Å². The number of nitrogens with zero attached hydrogens (tertiary/aromatic N) is 4. The first-order valence-electron chi connectivity index (χ1n) is 9.18. The molecule has 2 heterocycles. The normalized spacial score (nSPS) is 18.8. The average Bonchev–Trinajstić information content (AvgIpc) is 2.94. The molecule has 8 nitrogen and oxygen atoms in total. The first-order valence-corrected chi connectivity index (χ1v) is 9.18. The molecule has 146 valence electrons. The molecule has 2 aliphatic heterocycles. The number of benzene rings is 1. The fourth-order valence-corrected chi connectivity index (χ4v) is 3.93. The first kappa shape index (κ1) is 19.0. The van der Waals surface area contributed by atoms with Crippen molar-refractivity contribution in [2.45, 2.75) is 18.4 Å². The standard InChI is InChI=1S/C19H27N5O3/c1-20-16(25)13-23-14-24(15-7-5-4-6-8-15)19(17(23)26)9-11-22(12-10-19)18(27)21(2)3/h4-8H,9-14H2,1-3H3,(H,20,25). The van der Waals surface area contributed by atoms with Crippen LogP contribution in [0.25, 0.3) is 0 Å². The van der Waals surface area contributed by atoms with Crippen LogP contribution >= 0.6 is 0 Å². The van der Waals surface area contributed by atoms with Crippen molar-refractivity contribution in [1.82, 2.24) is 20.0 Å². The van der Waals surface area contributed by atoms with Crippen LogP contribution < -0.4 is 10.2 Å². The van der Waals surface area contributed by atoms with E-state index in [9.17, 15) is 14.4 Å². The van der Waals surface area contributed by atoms with Gasteiger partial charge in [-0.05, 0) is 25.0 Å². The van der Waals surface area contributed by atoms with Crippen molar-refractivity contribution in [1.29, 1.82) is 0 Å². The number of nitrogens with one attached hydrogen (secondary N) is 1. The molecule has 0 bridgehead atoms. The summed E-state index contributed by atoms with van der Waals surface area (Å²) >= 11 is 0. The number of hydrogen-bond acceptors (Lipinski definition) is 4. The molecule has 3 rings (SSSR count). The van der Waals surface area contributed by atoms with E-state index in [1.807, 2.05) is 30.3 Å². The monoisotopic (exact) mass is 373 g/mol. The van der Waals surface area contributed by atoms with Crippen LogP contribution in [-0.4, -0.2) is 85.5 Å². The maximum atomic E-state index is 13.3. The Bertz CT molecular complexity index is 713. The fraction of sp³-hybridized carbons (Fsp3) is 0.526. The van der Waals surface area contributed by atoms with Crippen molar-refractivity contribution in [2.24, 2.45) is 0 Å². The zero-order valence-corrected chi connectivity index (χ0v) is 16.1. The number of amides is 4. The Morgan fingerprint density at radius 2 is 1.78 bits per heavy atom. The van der Waals surface area contributed by atoms with Gasteiger partial charge in [0.05, 0.1) is 6.67 Å². The highest BCUT2D eigenvalue weighted by Crippen LogP contribution is 2.39. The molecular weight excluding hydrogens is 346 g/mol. The maximum Gasteiger partial charge on any atom is 0.319 e. The Balaban J connectivity index is 1.87. The van der Waals surface area contributed by atoms with Gasteiger partial charge in [0.2, 0.25) is 5.91 Å². The summed E-state index contributed by atoms with van der Waals surface area (Å²) in [4.78, 5) is 44.5. The molecule has 2 saturated heterocycles. The topological polar surface area (TPSA) is 76.2 Å². The Labute approximate surface area is 159 Å². The van der Waals surface area contributed by atoms with Gasteiger partial charge in [-0.2, -0.15) is 0 Å². The number of anilines is 1. The second kappa shape index (κ2) is 7.46. The van der Waals surface area contributed by atoms with Crippen molar-refractivity contribution in [2.75, 3.05) is 52.3 Å².